The van der Waals surface area contributed by atoms with Crippen LogP contribution in [0.5, 0.6) is 0 Å². The molecule has 0 aliphatic carbocycles. The van der Waals surface area contributed by atoms with Gasteiger partial charge >= 0.3 is 0 Å². The third-order valence-corrected chi connectivity index (χ3v) is 4.36. The van der Waals surface area contributed by atoms with Crippen molar-refractivity contribution < 1.29 is 4.79 Å². The molecule has 0 saturated carbocycles. The third-order valence-electron chi connectivity index (χ3n) is 3.23. The van der Waals surface area contributed by atoms with Crippen molar-refractivity contribution in [2.24, 2.45) is 0 Å². The molecule has 2 heterocycles. The van der Waals surface area contributed by atoms with Crippen LogP contribution in [0.2, 0.25) is 5.02 Å². The number of aromatic nitrogens is 3. The Bertz CT molecular complexity index is 811. The van der Waals surface area contributed by atoms with E-state index in [1.807, 2.05) is 35.0 Å². The van der Waals surface area contributed by atoms with Gasteiger partial charge in [-0.2, -0.15) is 0 Å². The summed E-state index contributed by atoms with van der Waals surface area (Å²) in [4.78, 5) is 12.1. The number of amides is 1. The van der Waals surface area contributed by atoms with Crippen LogP contribution in [-0.2, 0) is 17.8 Å². The Hall–Kier alpha value is -1.92. The Kier molecular flexibility index (Phi) is 4.40. The smallest absolute Gasteiger partial charge is 0.246 e. The largest absolute Gasteiger partial charge is 0.338 e. The van der Waals surface area contributed by atoms with Gasteiger partial charge in [0.15, 0.2) is 0 Å². The molecule has 114 valence electrons. The number of hydrogen-bond donors (Lipinski definition) is 1. The molecular formula is C15H15ClN4OS. The van der Waals surface area contributed by atoms with Crippen LogP contribution in [0.1, 0.15) is 18.4 Å². The second kappa shape index (κ2) is 6.46. The molecule has 0 atom stereocenters. The summed E-state index contributed by atoms with van der Waals surface area (Å²) in [6.45, 7) is 2.30. The van der Waals surface area contributed by atoms with E-state index < -0.39 is 0 Å². The van der Waals surface area contributed by atoms with Crippen molar-refractivity contribution in [2.45, 2.75) is 26.3 Å². The average Bonchev–Trinajstić information content (AvgIpc) is 3.07. The fraction of sp³-hybridized carbons (Fsp3) is 0.267. The van der Waals surface area contributed by atoms with Crippen molar-refractivity contribution in [3.05, 3.63) is 40.5 Å². The van der Waals surface area contributed by atoms with Gasteiger partial charge in [-0.3, -0.25) is 10.1 Å². The van der Waals surface area contributed by atoms with Gasteiger partial charge in [-0.05, 0) is 30.0 Å². The fourth-order valence-electron chi connectivity index (χ4n) is 2.23. The van der Waals surface area contributed by atoms with Crippen molar-refractivity contribution in [1.29, 1.82) is 0 Å². The number of halogens is 1. The molecule has 1 aromatic carbocycles. The van der Waals surface area contributed by atoms with E-state index in [4.69, 9.17) is 11.6 Å². The first-order chi connectivity index (χ1) is 10.7. The number of fused-ring (bicyclic) bond motifs is 1. The van der Waals surface area contributed by atoms with Gasteiger partial charge in [0, 0.05) is 23.2 Å². The molecule has 7 heteroatoms. The number of aryl methyl sites for hydroxylation is 1. The monoisotopic (exact) mass is 334 g/mol. The van der Waals surface area contributed by atoms with Gasteiger partial charge in [-0.1, -0.05) is 35.9 Å². The summed E-state index contributed by atoms with van der Waals surface area (Å²) in [5.74, 6) is -0.128. The van der Waals surface area contributed by atoms with E-state index in [0.717, 1.165) is 28.8 Å². The SMILES string of the molecule is CCCc1nnc(NC(=O)Cn2ccc3ccc(Cl)cc32)s1. The van der Waals surface area contributed by atoms with E-state index >= 15 is 0 Å². The number of carbonyl (C=O) groups is 1. The summed E-state index contributed by atoms with van der Waals surface area (Å²) < 4.78 is 1.87. The molecule has 5 nitrogen and oxygen atoms in total. The normalized spacial score (nSPS) is 11.0. The van der Waals surface area contributed by atoms with Crippen molar-refractivity contribution in [3.8, 4) is 0 Å². The summed E-state index contributed by atoms with van der Waals surface area (Å²) in [5.41, 5.74) is 0.937. The lowest BCUT2D eigenvalue weighted by Crippen LogP contribution is -2.18. The third kappa shape index (κ3) is 3.28. The second-order valence-corrected chi connectivity index (χ2v) is 6.44. The van der Waals surface area contributed by atoms with Gasteiger partial charge in [0.25, 0.3) is 0 Å². The highest BCUT2D eigenvalue weighted by Gasteiger charge is 2.10. The van der Waals surface area contributed by atoms with Crippen LogP contribution in [0.4, 0.5) is 5.13 Å². The summed E-state index contributed by atoms with van der Waals surface area (Å²) in [6, 6.07) is 7.59. The molecule has 1 amide bonds. The number of carbonyl (C=O) groups excluding carboxylic acids is 1. The minimum Gasteiger partial charge on any atom is -0.338 e. The van der Waals surface area contributed by atoms with Gasteiger partial charge < -0.3 is 4.57 Å². The van der Waals surface area contributed by atoms with E-state index in [-0.39, 0.29) is 12.5 Å². The van der Waals surface area contributed by atoms with Crippen LogP contribution in [-0.4, -0.2) is 20.7 Å². The van der Waals surface area contributed by atoms with Crippen molar-refractivity contribution in [2.75, 3.05) is 5.32 Å². The van der Waals surface area contributed by atoms with Crippen LogP contribution in [0.3, 0.4) is 0 Å². The molecule has 3 aromatic rings. The molecule has 0 spiro atoms. The van der Waals surface area contributed by atoms with Crippen molar-refractivity contribution in [3.63, 3.8) is 0 Å². The first kappa shape index (κ1) is 15.0. The number of hydrogen-bond acceptors (Lipinski definition) is 4. The van der Waals surface area contributed by atoms with Crippen LogP contribution in [0, 0.1) is 0 Å². The topological polar surface area (TPSA) is 59.8 Å². The maximum atomic E-state index is 12.1. The number of rotatable bonds is 5. The first-order valence-electron chi connectivity index (χ1n) is 7.02. The van der Waals surface area contributed by atoms with Gasteiger partial charge in [0.1, 0.15) is 11.6 Å². The van der Waals surface area contributed by atoms with Crippen molar-refractivity contribution in [1.82, 2.24) is 14.8 Å². The summed E-state index contributed by atoms with van der Waals surface area (Å²) in [6.07, 6.45) is 3.77. The average molecular weight is 335 g/mol. The Morgan fingerprint density at radius 1 is 1.36 bits per heavy atom. The van der Waals surface area contributed by atoms with Crippen LogP contribution in [0.25, 0.3) is 10.9 Å². The molecule has 2 aromatic heterocycles. The Morgan fingerprint density at radius 3 is 3.05 bits per heavy atom. The van der Waals surface area contributed by atoms with Crippen LogP contribution in [0.15, 0.2) is 30.5 Å². The predicted molar refractivity (Wildman–Crippen MR) is 89.5 cm³/mol. The van der Waals surface area contributed by atoms with Gasteiger partial charge in [0.05, 0.1) is 0 Å². The minimum atomic E-state index is -0.128. The zero-order chi connectivity index (χ0) is 15.5. The molecule has 0 fully saturated rings. The molecule has 0 aliphatic heterocycles. The lowest BCUT2D eigenvalue weighted by molar-refractivity contribution is -0.116. The fourth-order valence-corrected chi connectivity index (χ4v) is 3.25. The van der Waals surface area contributed by atoms with E-state index in [1.54, 1.807) is 0 Å². The maximum Gasteiger partial charge on any atom is 0.246 e. The summed E-state index contributed by atoms with van der Waals surface area (Å²) >= 11 is 7.44. The number of benzene rings is 1. The van der Waals surface area contributed by atoms with Crippen molar-refractivity contribution >= 4 is 44.9 Å². The van der Waals surface area contributed by atoms with E-state index in [1.165, 1.54) is 11.3 Å². The molecule has 0 aliphatic rings. The highest BCUT2D eigenvalue weighted by atomic mass is 35.5. The number of nitrogens with one attached hydrogen (secondary N) is 1. The molecule has 3 rings (SSSR count). The molecule has 0 saturated heterocycles. The standard InChI is InChI=1S/C15H15ClN4OS/c1-2-3-14-18-19-15(22-14)17-13(21)9-20-7-6-10-4-5-11(16)8-12(10)20/h4-8H,2-3,9H2,1H3,(H,17,19,21). The number of nitrogens with zero attached hydrogens (tertiary/aromatic N) is 3. The predicted octanol–water partition coefficient (Wildman–Crippen LogP) is 3.74. The molecule has 0 bridgehead atoms. The van der Waals surface area contributed by atoms with E-state index in [9.17, 15) is 4.79 Å². The number of anilines is 1. The van der Waals surface area contributed by atoms with Gasteiger partial charge in [0.2, 0.25) is 11.0 Å². The lowest BCUT2D eigenvalue weighted by Gasteiger charge is -2.05. The highest BCUT2D eigenvalue weighted by Crippen LogP contribution is 2.21. The van der Waals surface area contributed by atoms with Gasteiger partial charge in [-0.25, -0.2) is 0 Å². The van der Waals surface area contributed by atoms with E-state index in [2.05, 4.69) is 22.4 Å². The molecule has 1 N–H and O–H groups in total. The van der Waals surface area contributed by atoms with Gasteiger partial charge in [-0.15, -0.1) is 10.2 Å². The maximum absolute atomic E-state index is 12.1. The van der Waals surface area contributed by atoms with Crippen LogP contribution >= 0.6 is 22.9 Å². The van der Waals surface area contributed by atoms with E-state index in [0.29, 0.717) is 10.2 Å². The quantitative estimate of drug-likeness (QED) is 0.773. The Balaban J connectivity index is 1.71. The summed E-state index contributed by atoms with van der Waals surface area (Å²) in [7, 11) is 0. The molecule has 22 heavy (non-hydrogen) atoms. The Labute approximate surface area is 136 Å². The second-order valence-electron chi connectivity index (χ2n) is 4.95. The molecule has 0 unspecified atom stereocenters. The highest BCUT2D eigenvalue weighted by molar-refractivity contribution is 7.15. The molecule has 0 radical (unpaired) electrons. The zero-order valence-electron chi connectivity index (χ0n) is 12.0. The van der Waals surface area contributed by atoms with Crippen LogP contribution < -0.4 is 5.32 Å². The molecular weight excluding hydrogens is 320 g/mol. The first-order valence-corrected chi connectivity index (χ1v) is 8.22. The lowest BCUT2D eigenvalue weighted by atomic mass is 10.2. The zero-order valence-corrected chi connectivity index (χ0v) is 13.6. The summed E-state index contributed by atoms with van der Waals surface area (Å²) in [5, 5.41) is 14.0. The minimum absolute atomic E-state index is 0.128. The Morgan fingerprint density at radius 2 is 2.23 bits per heavy atom.